The minimum Gasteiger partial charge on any atom is -0.420 e. The van der Waals surface area contributed by atoms with Crippen molar-refractivity contribution < 1.29 is 109 Å². The van der Waals surface area contributed by atoms with Crippen molar-refractivity contribution in [2.45, 2.75) is 50.5 Å². The Balaban J connectivity index is 0.709. The second kappa shape index (κ2) is 32.3. The first-order valence-corrected chi connectivity index (χ1v) is 28.6. The molecule has 442 valence electrons. The topological polar surface area (TPSA) is 361 Å². The molecule has 0 aliphatic carbocycles. The fourth-order valence-electron chi connectivity index (χ4n) is 7.62. The zero-order valence-corrected chi connectivity index (χ0v) is 45.1. The van der Waals surface area contributed by atoms with E-state index in [1.807, 2.05) is 4.90 Å². The van der Waals surface area contributed by atoms with Gasteiger partial charge in [-0.3, -0.25) is 18.7 Å². The lowest BCUT2D eigenvalue weighted by molar-refractivity contribution is -0.136. The van der Waals surface area contributed by atoms with Crippen LogP contribution in [0.25, 0.3) is 11.0 Å². The molecule has 5 heterocycles. The van der Waals surface area contributed by atoms with E-state index in [-0.39, 0.29) is 68.8 Å². The van der Waals surface area contributed by atoms with Crippen LogP contribution >= 0.6 is 26.8 Å². The van der Waals surface area contributed by atoms with Crippen molar-refractivity contribution in [1.82, 2.24) is 40.1 Å². The Morgan fingerprint density at radius 3 is 2.03 bits per heavy atom. The molecule has 79 heavy (non-hydrogen) atoms. The van der Waals surface area contributed by atoms with Crippen LogP contribution in [0.5, 0.6) is 5.75 Å². The van der Waals surface area contributed by atoms with Gasteiger partial charge in [-0.05, 0) is 18.0 Å². The highest BCUT2D eigenvalue weighted by Gasteiger charge is 2.46. The SMILES string of the molecule is O=C(CCOCCOCCOCCOCCn1cc(COCCOCCOCCOCCNC(=O)C2CCN(c3nc(Cl)nc4c3cnn4[C@@H]3O[C@H](COP(=O)(O)CP(=O)(O)O)[C@@H](O)[C@H]3O)C2)nn1)Oc1c(F)cc(F)cc1F. The van der Waals surface area contributed by atoms with Gasteiger partial charge >= 0.3 is 21.2 Å². The van der Waals surface area contributed by atoms with E-state index in [4.69, 9.17) is 68.5 Å². The predicted molar refractivity (Wildman–Crippen MR) is 264 cm³/mol. The fourth-order valence-corrected chi connectivity index (χ4v) is 10.3. The van der Waals surface area contributed by atoms with Crippen molar-refractivity contribution in [1.29, 1.82) is 0 Å². The first-order valence-electron chi connectivity index (χ1n) is 24.7. The molecule has 6 N–H and O–H groups in total. The maximum atomic E-state index is 13.6. The molecule has 0 bridgehead atoms. The Labute approximate surface area is 454 Å². The van der Waals surface area contributed by atoms with E-state index in [9.17, 15) is 47.0 Å². The normalized spacial score (nSPS) is 19.4. The van der Waals surface area contributed by atoms with Gasteiger partial charge in [0.1, 0.15) is 35.6 Å². The molecule has 3 aromatic heterocycles. The molecule has 1 aromatic carbocycles. The molecule has 35 heteroatoms. The van der Waals surface area contributed by atoms with Gasteiger partial charge in [0.2, 0.25) is 16.9 Å². The summed E-state index contributed by atoms with van der Waals surface area (Å²) < 4.78 is 125. The largest absolute Gasteiger partial charge is 0.420 e. The summed E-state index contributed by atoms with van der Waals surface area (Å²) in [6, 6.07) is 0.823. The van der Waals surface area contributed by atoms with Gasteiger partial charge in [-0.25, -0.2) is 22.5 Å². The highest BCUT2D eigenvalue weighted by molar-refractivity contribution is 7.70. The summed E-state index contributed by atoms with van der Waals surface area (Å²) >= 11 is 6.30. The minimum absolute atomic E-state index is 0.0656. The lowest BCUT2D eigenvalue weighted by Crippen LogP contribution is -2.35. The van der Waals surface area contributed by atoms with Crippen LogP contribution in [0.1, 0.15) is 24.8 Å². The number of amides is 1. The Morgan fingerprint density at radius 2 is 1.39 bits per heavy atom. The summed E-state index contributed by atoms with van der Waals surface area (Å²) in [5.41, 5.74) is 0.766. The lowest BCUT2D eigenvalue weighted by Gasteiger charge is -2.19. The van der Waals surface area contributed by atoms with E-state index < -0.39 is 81.4 Å². The van der Waals surface area contributed by atoms with Crippen molar-refractivity contribution in [3.8, 4) is 5.75 Å². The summed E-state index contributed by atoms with van der Waals surface area (Å²) in [7, 11) is -9.67. The standard InChI is InChI=1S/C44H63ClF3N9O20P2/c45-44-51-40(32-23-50-57(41(32)52-44)43-38(60)37(59)35(76-43)27-75-79(65,66)28-78(62,63)64)55-4-1-29(24-55)42(61)49-3-7-68-10-13-71-17-18-73-19-20-74-26-31-25-56(54-53-31)5-8-69-11-14-72-16-15-70-12-9-67-6-2-36(58)77-39-33(47)21-30(46)22-34(39)48/h21-23,25,29,35,37-38,43,59-60H,1-20,24,26-28H2,(H,49,61)(H,65,66)(H2,62,63,64)/t29?,35-,37-,38-,43-/m1/s1. The van der Waals surface area contributed by atoms with E-state index in [1.165, 1.54) is 6.20 Å². The smallest absolute Gasteiger partial charge is 0.340 e. The summed E-state index contributed by atoms with van der Waals surface area (Å²) in [5, 5.41) is 36.9. The van der Waals surface area contributed by atoms with E-state index in [1.54, 1.807) is 10.9 Å². The van der Waals surface area contributed by atoms with Crippen molar-refractivity contribution in [3.05, 3.63) is 53.0 Å². The van der Waals surface area contributed by atoms with Crippen LogP contribution in [0.3, 0.4) is 0 Å². The number of aliphatic hydroxyl groups excluding tert-OH is 2. The quantitative estimate of drug-likeness (QED) is 0.0118. The van der Waals surface area contributed by atoms with E-state index in [2.05, 4.69) is 35.4 Å². The molecule has 0 saturated carbocycles. The Hall–Kier alpha value is -4.41. The monoisotopic (exact) mass is 1190 g/mol. The summed E-state index contributed by atoms with van der Waals surface area (Å²) in [4.78, 5) is 63.1. The van der Waals surface area contributed by atoms with Gasteiger partial charge in [0.25, 0.3) is 0 Å². The van der Waals surface area contributed by atoms with Crippen molar-refractivity contribution in [2.75, 3.05) is 136 Å². The van der Waals surface area contributed by atoms with Crippen molar-refractivity contribution >= 4 is 55.5 Å². The number of esters is 1. The second-order valence-corrected chi connectivity index (χ2v) is 21.7. The average Bonchev–Trinajstić information content (AvgIpc) is 4.44. The molecular formula is C44H63ClF3N9O20P2. The number of aromatic nitrogens is 7. The predicted octanol–water partition coefficient (Wildman–Crippen LogP) is 0.716. The number of hydrogen-bond acceptors (Lipinski definition) is 23. The molecular weight excluding hydrogens is 1130 g/mol. The number of nitrogens with zero attached hydrogens (tertiary/aromatic N) is 8. The molecule has 29 nitrogen and oxygen atoms in total. The number of carbonyl (C=O) groups excluding carboxylic acids is 2. The number of aliphatic hydroxyl groups is 2. The van der Waals surface area contributed by atoms with Crippen molar-refractivity contribution in [3.63, 3.8) is 0 Å². The zero-order chi connectivity index (χ0) is 56.8. The maximum Gasteiger partial charge on any atom is 0.340 e. The molecule has 2 unspecified atom stereocenters. The van der Waals surface area contributed by atoms with E-state index >= 15 is 0 Å². The molecule has 2 aliphatic rings. The number of rotatable bonds is 38. The number of benzene rings is 1. The third-order valence-corrected chi connectivity index (χ3v) is 15.0. The lowest BCUT2D eigenvalue weighted by atomic mass is 10.1. The van der Waals surface area contributed by atoms with Gasteiger partial charge in [0, 0.05) is 31.8 Å². The van der Waals surface area contributed by atoms with Crippen LogP contribution in [-0.2, 0) is 79.0 Å². The molecule has 6 atom stereocenters. The number of anilines is 1. The molecule has 6 rings (SSSR count). The Morgan fingerprint density at radius 1 is 0.797 bits per heavy atom. The maximum absolute atomic E-state index is 13.6. The van der Waals surface area contributed by atoms with Crippen LogP contribution in [0.2, 0.25) is 5.28 Å². The Kier molecular flexibility index (Phi) is 26.1. The van der Waals surface area contributed by atoms with Gasteiger partial charge in [0.05, 0.1) is 149 Å². The number of nitrogens with one attached hydrogen (secondary N) is 1. The molecule has 1 amide bonds. The van der Waals surface area contributed by atoms with Crippen molar-refractivity contribution in [2.24, 2.45) is 5.92 Å². The first-order chi connectivity index (χ1) is 37.9. The van der Waals surface area contributed by atoms with Gasteiger partial charge in [0.15, 0.2) is 29.4 Å². The van der Waals surface area contributed by atoms with Gasteiger partial charge in [-0.2, -0.15) is 15.1 Å². The van der Waals surface area contributed by atoms with E-state index in [0.717, 1.165) is 4.68 Å². The van der Waals surface area contributed by atoms with Crippen LogP contribution in [-0.4, -0.2) is 221 Å². The zero-order valence-electron chi connectivity index (χ0n) is 42.5. The Bertz CT molecular complexity index is 2620. The van der Waals surface area contributed by atoms with Crippen LogP contribution < -0.4 is 15.0 Å². The molecule has 4 aromatic rings. The first kappa shape index (κ1) is 63.8. The number of fused-ring (bicyclic) bond motifs is 1. The summed E-state index contributed by atoms with van der Waals surface area (Å²) in [6.07, 6.45) is -2.64. The summed E-state index contributed by atoms with van der Waals surface area (Å²) in [5.74, 6) is -7.31. The fraction of sp³-hybridized carbons (Fsp3) is 0.659. The van der Waals surface area contributed by atoms with Gasteiger partial charge in [-0.1, -0.05) is 5.21 Å². The molecule has 0 radical (unpaired) electrons. The molecule has 2 aliphatic heterocycles. The van der Waals surface area contributed by atoms with Gasteiger partial charge < -0.3 is 87.0 Å². The highest BCUT2D eigenvalue weighted by atomic mass is 35.5. The number of carbonyl (C=O) groups is 2. The molecule has 0 spiro atoms. The third kappa shape index (κ3) is 21.5. The van der Waals surface area contributed by atoms with Crippen LogP contribution in [0, 0.1) is 23.4 Å². The van der Waals surface area contributed by atoms with E-state index in [0.29, 0.717) is 128 Å². The van der Waals surface area contributed by atoms with Crippen LogP contribution in [0.15, 0.2) is 24.5 Å². The molecule has 2 fully saturated rings. The molecule has 2 saturated heterocycles. The number of ether oxygens (including phenoxy) is 10. The number of halogens is 4. The van der Waals surface area contributed by atoms with Gasteiger partial charge in [-0.15, -0.1) is 5.10 Å². The number of hydrogen-bond donors (Lipinski definition) is 6. The van der Waals surface area contributed by atoms with Crippen LogP contribution in [0.4, 0.5) is 19.0 Å². The highest BCUT2D eigenvalue weighted by Crippen LogP contribution is 2.55. The second-order valence-electron chi connectivity index (χ2n) is 17.4. The third-order valence-electron chi connectivity index (χ3n) is 11.4. The minimum atomic E-state index is -4.90. The average molecular weight is 1190 g/mol. The summed E-state index contributed by atoms with van der Waals surface area (Å²) in [6.45, 7) is 5.28.